The second kappa shape index (κ2) is 5.71. The van der Waals surface area contributed by atoms with Crippen LogP contribution in [0.2, 0.25) is 5.02 Å². The van der Waals surface area contributed by atoms with Gasteiger partial charge in [0.15, 0.2) is 0 Å². The number of anilines is 1. The van der Waals surface area contributed by atoms with Crippen LogP contribution in [0.25, 0.3) is 0 Å². The molecule has 0 radical (unpaired) electrons. The van der Waals surface area contributed by atoms with Gasteiger partial charge in [0.2, 0.25) is 0 Å². The predicted octanol–water partition coefficient (Wildman–Crippen LogP) is 3.35. The van der Waals surface area contributed by atoms with E-state index in [0.717, 1.165) is 5.56 Å². The van der Waals surface area contributed by atoms with Gasteiger partial charge < -0.3 is 10.4 Å². The lowest BCUT2D eigenvalue weighted by Crippen LogP contribution is -2.06. The summed E-state index contributed by atoms with van der Waals surface area (Å²) in [6.45, 7) is 2.21. The number of nitrogens with one attached hydrogen (secondary N) is 1. The number of hydrogen-bond donors (Lipinski definition) is 2. The normalized spacial score (nSPS) is 10.2. The summed E-state index contributed by atoms with van der Waals surface area (Å²) in [5.41, 5.74) is 1.66. The van der Waals surface area contributed by atoms with E-state index < -0.39 is 5.97 Å². The molecule has 2 aromatic rings. The summed E-state index contributed by atoms with van der Waals surface area (Å²) < 4.78 is 0. The molecule has 0 atom stereocenters. The van der Waals surface area contributed by atoms with Crippen molar-refractivity contribution in [3.05, 3.63) is 58.2 Å². The number of pyridine rings is 1. The number of carboxylic acid groups (broad SMARTS) is 1. The number of aromatic nitrogens is 1. The van der Waals surface area contributed by atoms with Crippen molar-refractivity contribution < 1.29 is 9.90 Å². The van der Waals surface area contributed by atoms with E-state index in [4.69, 9.17) is 16.7 Å². The average Bonchev–Trinajstić information content (AvgIpc) is 2.37. The summed E-state index contributed by atoms with van der Waals surface area (Å²) in [5, 5.41) is 12.7. The van der Waals surface area contributed by atoms with E-state index in [-0.39, 0.29) is 5.56 Å². The Morgan fingerprint density at radius 2 is 2.05 bits per heavy atom. The first-order valence-corrected chi connectivity index (χ1v) is 6.14. The number of aryl methyl sites for hydroxylation is 1. The highest BCUT2D eigenvalue weighted by atomic mass is 35.5. The van der Waals surface area contributed by atoms with Gasteiger partial charge in [0.25, 0.3) is 0 Å². The van der Waals surface area contributed by atoms with Crippen molar-refractivity contribution in [2.75, 3.05) is 5.32 Å². The minimum atomic E-state index is -0.970. The van der Waals surface area contributed by atoms with Gasteiger partial charge >= 0.3 is 5.97 Å². The Bertz CT molecular complexity index is 614. The van der Waals surface area contributed by atoms with Crippen LogP contribution in [0.15, 0.2) is 36.4 Å². The van der Waals surface area contributed by atoms with Crippen molar-refractivity contribution >= 4 is 23.4 Å². The van der Waals surface area contributed by atoms with Gasteiger partial charge in [-0.05, 0) is 30.7 Å². The summed E-state index contributed by atoms with van der Waals surface area (Å²) >= 11 is 6.05. The third kappa shape index (κ3) is 3.23. The molecule has 0 aliphatic carbocycles. The third-order valence-electron chi connectivity index (χ3n) is 2.73. The molecule has 2 rings (SSSR count). The van der Waals surface area contributed by atoms with Crippen LogP contribution in [0.4, 0.5) is 5.82 Å². The summed E-state index contributed by atoms with van der Waals surface area (Å²) in [4.78, 5) is 15.1. The summed E-state index contributed by atoms with van der Waals surface area (Å²) in [7, 11) is 0. The average molecular weight is 277 g/mol. The Morgan fingerprint density at radius 3 is 2.68 bits per heavy atom. The van der Waals surface area contributed by atoms with Gasteiger partial charge in [-0.3, -0.25) is 0 Å². The maximum atomic E-state index is 10.9. The van der Waals surface area contributed by atoms with Gasteiger partial charge in [-0.1, -0.05) is 29.8 Å². The van der Waals surface area contributed by atoms with Crippen LogP contribution >= 0.6 is 11.6 Å². The topological polar surface area (TPSA) is 62.2 Å². The highest BCUT2D eigenvalue weighted by molar-refractivity contribution is 6.31. The monoisotopic (exact) mass is 276 g/mol. The molecule has 0 amide bonds. The smallest absolute Gasteiger partial charge is 0.337 e. The van der Waals surface area contributed by atoms with Crippen molar-refractivity contribution in [3.63, 3.8) is 0 Å². The first-order chi connectivity index (χ1) is 9.08. The fourth-order valence-electron chi connectivity index (χ4n) is 1.71. The lowest BCUT2D eigenvalue weighted by Gasteiger charge is -2.09. The zero-order chi connectivity index (χ0) is 13.8. The molecule has 0 saturated heterocycles. The molecule has 0 saturated carbocycles. The number of carbonyl (C=O) groups is 1. The zero-order valence-electron chi connectivity index (χ0n) is 10.4. The van der Waals surface area contributed by atoms with Crippen LogP contribution in [0.1, 0.15) is 21.6 Å². The fraction of sp³-hybridized carbons (Fsp3) is 0.143. The molecule has 19 heavy (non-hydrogen) atoms. The number of halogens is 1. The maximum Gasteiger partial charge on any atom is 0.337 e. The summed E-state index contributed by atoms with van der Waals surface area (Å²) in [6, 6.07) is 10.7. The lowest BCUT2D eigenvalue weighted by atomic mass is 10.2. The van der Waals surface area contributed by atoms with Crippen molar-refractivity contribution in [1.82, 2.24) is 4.98 Å². The molecule has 0 aliphatic rings. The molecule has 0 fully saturated rings. The van der Waals surface area contributed by atoms with Crippen LogP contribution in [-0.2, 0) is 6.54 Å². The summed E-state index contributed by atoms with van der Waals surface area (Å²) in [5.74, 6) is -0.343. The molecular formula is C14H13ClN2O2. The van der Waals surface area contributed by atoms with E-state index in [9.17, 15) is 4.79 Å². The molecular weight excluding hydrogens is 264 g/mol. The number of aromatic carboxylic acids is 1. The minimum Gasteiger partial charge on any atom is -0.478 e. The number of benzene rings is 1. The van der Waals surface area contributed by atoms with Crippen LogP contribution in [0, 0.1) is 6.92 Å². The van der Waals surface area contributed by atoms with E-state index in [2.05, 4.69) is 10.3 Å². The molecule has 1 heterocycles. The van der Waals surface area contributed by atoms with E-state index in [1.54, 1.807) is 19.1 Å². The Morgan fingerprint density at radius 1 is 1.32 bits per heavy atom. The number of nitrogens with zero attached hydrogens (tertiary/aromatic N) is 1. The first-order valence-electron chi connectivity index (χ1n) is 5.76. The lowest BCUT2D eigenvalue weighted by molar-refractivity contribution is 0.0695. The molecule has 1 aromatic carbocycles. The SMILES string of the molecule is Cc1nc(NCc2ccccc2Cl)ccc1C(=O)O. The predicted molar refractivity (Wildman–Crippen MR) is 74.7 cm³/mol. The fourth-order valence-corrected chi connectivity index (χ4v) is 1.92. The van der Waals surface area contributed by atoms with E-state index in [1.807, 2.05) is 24.3 Å². The Hall–Kier alpha value is -2.07. The van der Waals surface area contributed by atoms with Gasteiger partial charge in [-0.2, -0.15) is 0 Å². The minimum absolute atomic E-state index is 0.211. The van der Waals surface area contributed by atoms with Crippen LogP contribution in [-0.4, -0.2) is 16.1 Å². The number of carboxylic acids is 1. The van der Waals surface area contributed by atoms with E-state index in [0.29, 0.717) is 23.1 Å². The van der Waals surface area contributed by atoms with Gasteiger partial charge in [0.05, 0.1) is 11.3 Å². The molecule has 98 valence electrons. The van der Waals surface area contributed by atoms with Gasteiger partial charge in [-0.15, -0.1) is 0 Å². The number of rotatable bonds is 4. The highest BCUT2D eigenvalue weighted by Crippen LogP contribution is 2.17. The van der Waals surface area contributed by atoms with Gasteiger partial charge in [0.1, 0.15) is 5.82 Å². The van der Waals surface area contributed by atoms with E-state index in [1.165, 1.54) is 0 Å². The Kier molecular flexibility index (Phi) is 4.02. The Labute approximate surface area is 116 Å². The standard InChI is InChI=1S/C14H13ClN2O2/c1-9-11(14(18)19)6-7-13(17-9)16-8-10-4-2-3-5-12(10)15/h2-7H,8H2,1H3,(H,16,17)(H,18,19). The first kappa shape index (κ1) is 13.4. The summed E-state index contributed by atoms with van der Waals surface area (Å²) in [6.07, 6.45) is 0. The van der Waals surface area contributed by atoms with Crippen molar-refractivity contribution in [2.24, 2.45) is 0 Å². The van der Waals surface area contributed by atoms with Gasteiger partial charge in [-0.25, -0.2) is 9.78 Å². The molecule has 1 aromatic heterocycles. The van der Waals surface area contributed by atoms with Crippen molar-refractivity contribution in [1.29, 1.82) is 0 Å². The van der Waals surface area contributed by atoms with Crippen LogP contribution < -0.4 is 5.32 Å². The maximum absolute atomic E-state index is 10.9. The molecule has 0 bridgehead atoms. The second-order valence-electron chi connectivity index (χ2n) is 4.08. The molecule has 5 heteroatoms. The van der Waals surface area contributed by atoms with Crippen LogP contribution in [0.3, 0.4) is 0 Å². The Balaban J connectivity index is 2.11. The van der Waals surface area contributed by atoms with Crippen molar-refractivity contribution in [3.8, 4) is 0 Å². The third-order valence-corrected chi connectivity index (χ3v) is 3.10. The quantitative estimate of drug-likeness (QED) is 0.899. The zero-order valence-corrected chi connectivity index (χ0v) is 11.1. The molecule has 0 spiro atoms. The molecule has 4 nitrogen and oxygen atoms in total. The molecule has 2 N–H and O–H groups in total. The highest BCUT2D eigenvalue weighted by Gasteiger charge is 2.08. The molecule has 0 aliphatic heterocycles. The van der Waals surface area contributed by atoms with Gasteiger partial charge in [0, 0.05) is 11.6 Å². The van der Waals surface area contributed by atoms with Crippen LogP contribution in [0.5, 0.6) is 0 Å². The largest absolute Gasteiger partial charge is 0.478 e. The van der Waals surface area contributed by atoms with Crippen molar-refractivity contribution in [2.45, 2.75) is 13.5 Å². The van der Waals surface area contributed by atoms with E-state index >= 15 is 0 Å². The second-order valence-corrected chi connectivity index (χ2v) is 4.49. The molecule has 0 unspecified atom stereocenters. The number of hydrogen-bond acceptors (Lipinski definition) is 3.